The van der Waals surface area contributed by atoms with Gasteiger partial charge < -0.3 is 9.55 Å². The number of pyridine rings is 1. The van der Waals surface area contributed by atoms with Crippen LogP contribution in [0, 0.1) is 18.1 Å². The van der Waals surface area contributed by atoms with Gasteiger partial charge >= 0.3 is 0 Å². The molecule has 0 unspecified atom stereocenters. The number of thiophene rings is 1. The van der Waals surface area contributed by atoms with Crippen molar-refractivity contribution >= 4 is 55.8 Å². The maximum Gasteiger partial charge on any atom is 0.0798 e. The quantitative estimate of drug-likeness (QED) is 0.101. The van der Waals surface area contributed by atoms with E-state index in [2.05, 4.69) is 216 Å². The first kappa shape index (κ1) is 49.2. The van der Waals surface area contributed by atoms with Crippen molar-refractivity contribution in [3.8, 4) is 50.6 Å². The van der Waals surface area contributed by atoms with Crippen LogP contribution in [0.4, 0.5) is 0 Å². The Labute approximate surface area is 434 Å². The van der Waals surface area contributed by atoms with Gasteiger partial charge in [-0.3, -0.25) is 4.98 Å². The number of hydrogen-bond donors (Lipinski definition) is 0. The van der Waals surface area contributed by atoms with Crippen molar-refractivity contribution in [2.45, 2.75) is 97.7 Å². The summed E-state index contributed by atoms with van der Waals surface area (Å²) < 4.78 is 4.94. The predicted molar refractivity (Wildman–Crippen MR) is 299 cm³/mol. The van der Waals surface area contributed by atoms with Crippen molar-refractivity contribution in [2.24, 2.45) is 5.92 Å². The zero-order valence-electron chi connectivity index (χ0n) is 41.6. The van der Waals surface area contributed by atoms with Gasteiger partial charge in [-0.1, -0.05) is 175 Å². The number of fused-ring (bicyclic) bond motifs is 4. The molecule has 11 rings (SSSR count). The first-order valence-corrected chi connectivity index (χ1v) is 29.4. The third-order valence-electron chi connectivity index (χ3n) is 14.1. The van der Waals surface area contributed by atoms with Crippen LogP contribution in [0.2, 0.25) is 19.6 Å². The molecule has 0 N–H and O–H groups in total. The van der Waals surface area contributed by atoms with E-state index < -0.39 is 8.07 Å². The molecule has 1 fully saturated rings. The molecule has 0 saturated heterocycles. The van der Waals surface area contributed by atoms with E-state index in [9.17, 15) is 0 Å². The number of para-hydroxylation sites is 2. The Morgan fingerprint density at radius 1 is 0.629 bits per heavy atom. The molecule has 1 radical (unpaired) electrons. The van der Waals surface area contributed by atoms with Crippen LogP contribution in [0.25, 0.3) is 81.8 Å². The van der Waals surface area contributed by atoms with Gasteiger partial charge in [0.1, 0.15) is 0 Å². The van der Waals surface area contributed by atoms with Gasteiger partial charge in [-0.15, -0.1) is 59.7 Å². The minimum absolute atomic E-state index is 0. The van der Waals surface area contributed by atoms with Crippen LogP contribution in [0.15, 0.2) is 164 Å². The third kappa shape index (κ3) is 10.3. The average molecular weight is 1130 g/mol. The van der Waals surface area contributed by atoms with E-state index in [1.807, 2.05) is 23.5 Å². The van der Waals surface area contributed by atoms with Gasteiger partial charge in [0.25, 0.3) is 0 Å². The van der Waals surface area contributed by atoms with E-state index in [4.69, 9.17) is 9.97 Å². The van der Waals surface area contributed by atoms with Gasteiger partial charge in [-0.2, -0.15) is 11.3 Å². The second-order valence-electron chi connectivity index (χ2n) is 20.7. The number of imidazole rings is 1. The van der Waals surface area contributed by atoms with Crippen molar-refractivity contribution in [1.29, 1.82) is 0 Å². The monoisotopic (exact) mass is 1130 g/mol. The fraction of sp³-hybridized carbons (Fsp3) is 0.250. The minimum Gasteiger partial charge on any atom is -0.333 e. The second kappa shape index (κ2) is 21.3. The Kier molecular flexibility index (Phi) is 15.0. The maximum absolute atomic E-state index is 5.31. The maximum atomic E-state index is 5.31. The number of hydrogen-bond acceptors (Lipinski definition) is 3. The zero-order chi connectivity index (χ0) is 47.6. The van der Waals surface area contributed by atoms with Gasteiger partial charge in [0.2, 0.25) is 0 Å². The Hall–Kier alpha value is -5.75. The van der Waals surface area contributed by atoms with Crippen molar-refractivity contribution in [3.63, 3.8) is 0 Å². The van der Waals surface area contributed by atoms with Crippen molar-refractivity contribution in [2.75, 3.05) is 0 Å². The third-order valence-corrected chi connectivity index (χ3v) is 17.3. The van der Waals surface area contributed by atoms with Gasteiger partial charge in [0, 0.05) is 36.7 Å². The SMILES string of the molecule is CC(C)c1cc(-c2ccccc2)cc(C(C)C)c1-n1c(-c2[c-]cc3sc4ccc(-c5ccccc5)cc4c3c2)nc2ccccc21.C[Si](C)(C)c1cnc(-c2[c-]cccc2)cc1CC1CCCCC1.[Ir]. The molecule has 10 aromatic rings. The molecule has 0 spiro atoms. The molecule has 3 aromatic heterocycles. The van der Waals surface area contributed by atoms with Crippen LogP contribution in [0.1, 0.15) is 88.3 Å². The zero-order valence-corrected chi connectivity index (χ0v) is 45.9. The van der Waals surface area contributed by atoms with E-state index >= 15 is 0 Å². The summed E-state index contributed by atoms with van der Waals surface area (Å²) in [5.41, 5.74) is 15.7. The Morgan fingerprint density at radius 3 is 1.93 bits per heavy atom. The molecule has 1 aliphatic rings. The molecule has 1 aliphatic carbocycles. The minimum atomic E-state index is -1.36. The summed E-state index contributed by atoms with van der Waals surface area (Å²) in [5, 5.41) is 4.07. The number of benzene rings is 7. The number of rotatable bonds is 10. The molecular formula is C64H63IrN3SSi-2. The number of aromatic nitrogens is 3. The predicted octanol–water partition coefficient (Wildman–Crippen LogP) is 17.7. The molecule has 0 aliphatic heterocycles. The van der Waals surface area contributed by atoms with Crippen LogP contribution in [-0.4, -0.2) is 22.6 Å². The summed E-state index contributed by atoms with van der Waals surface area (Å²) in [7, 11) is -1.36. The fourth-order valence-electron chi connectivity index (χ4n) is 10.5. The largest absolute Gasteiger partial charge is 0.333 e. The second-order valence-corrected chi connectivity index (χ2v) is 26.8. The van der Waals surface area contributed by atoms with Crippen molar-refractivity contribution in [1.82, 2.24) is 14.5 Å². The van der Waals surface area contributed by atoms with Gasteiger partial charge in [-0.25, -0.2) is 0 Å². The summed E-state index contributed by atoms with van der Waals surface area (Å²) in [6, 6.07) is 63.5. The molecule has 3 nitrogen and oxygen atoms in total. The normalized spacial score (nSPS) is 13.2. The summed E-state index contributed by atoms with van der Waals surface area (Å²) >= 11 is 1.83. The molecule has 0 amide bonds. The molecule has 70 heavy (non-hydrogen) atoms. The smallest absolute Gasteiger partial charge is 0.0798 e. The van der Waals surface area contributed by atoms with E-state index in [0.717, 1.165) is 39.6 Å². The molecule has 0 atom stereocenters. The molecule has 6 heteroatoms. The van der Waals surface area contributed by atoms with E-state index in [-0.39, 0.29) is 20.1 Å². The molecule has 0 bridgehead atoms. The van der Waals surface area contributed by atoms with Crippen LogP contribution < -0.4 is 5.19 Å². The van der Waals surface area contributed by atoms with Crippen LogP contribution in [0.3, 0.4) is 0 Å². The summed E-state index contributed by atoms with van der Waals surface area (Å²) in [5.74, 6) is 2.43. The van der Waals surface area contributed by atoms with Crippen LogP contribution in [-0.2, 0) is 26.5 Å². The molecule has 3 heterocycles. The van der Waals surface area contributed by atoms with Gasteiger partial charge in [0.15, 0.2) is 0 Å². The van der Waals surface area contributed by atoms with Crippen LogP contribution in [0.5, 0.6) is 0 Å². The Bertz CT molecular complexity index is 3350. The first-order valence-electron chi connectivity index (χ1n) is 25.1. The summed E-state index contributed by atoms with van der Waals surface area (Å²) in [6.07, 6.45) is 10.5. The molecule has 1 saturated carbocycles. The fourth-order valence-corrected chi connectivity index (χ4v) is 13.1. The average Bonchev–Trinajstić information content (AvgIpc) is 3.95. The standard InChI is InChI=1S/C43H35N2S.C21H28NSi.Ir/c1-27(2)34-25-33(30-15-9-6-10-16-30)26-35(28(3)4)42(34)45-39-18-12-11-17-38(39)44-43(45)32-20-22-41-37(24-32)36-23-31(19-21-40(36)46-41)29-13-7-5-8-14-29;1-23(2,3)21-16-22-20(18-12-8-5-9-13-18)15-19(21)14-17-10-6-4-7-11-17;/h5-19,21-28H,1-4H3;5,8-9,12,15-17H,4,6-7,10-11,14H2,1-3H3;/q2*-1;. The summed E-state index contributed by atoms with van der Waals surface area (Å²) in [6.45, 7) is 16.5. The van der Waals surface area contributed by atoms with E-state index in [1.54, 1.807) is 10.8 Å². The van der Waals surface area contributed by atoms with Crippen molar-refractivity contribution < 1.29 is 20.1 Å². The van der Waals surface area contributed by atoms with E-state index in [1.165, 1.54) is 97.8 Å². The topological polar surface area (TPSA) is 30.7 Å². The summed E-state index contributed by atoms with van der Waals surface area (Å²) in [4.78, 5) is 10.1. The van der Waals surface area contributed by atoms with Crippen LogP contribution >= 0.6 is 11.3 Å². The Morgan fingerprint density at radius 2 is 1.27 bits per heavy atom. The van der Waals surface area contributed by atoms with E-state index in [0.29, 0.717) is 11.8 Å². The van der Waals surface area contributed by atoms with Gasteiger partial charge in [0.05, 0.1) is 24.9 Å². The van der Waals surface area contributed by atoms with Gasteiger partial charge in [-0.05, 0) is 115 Å². The first-order chi connectivity index (χ1) is 33.5. The molecule has 355 valence electrons. The number of nitrogens with zero attached hydrogens (tertiary/aromatic N) is 3. The molecular weight excluding hydrogens is 1060 g/mol. The Balaban J connectivity index is 0.000000214. The van der Waals surface area contributed by atoms with Crippen molar-refractivity contribution in [3.05, 3.63) is 193 Å². The molecule has 7 aromatic carbocycles.